The monoisotopic (exact) mass is 302 g/mol. The highest BCUT2D eigenvalue weighted by molar-refractivity contribution is 5.79. The topological polar surface area (TPSA) is 58.1 Å². The fourth-order valence-corrected chi connectivity index (χ4v) is 3.66. The standard InChI is InChI=1S/C17H26N4O/c1-13-6-2-3-8-15(13)20-16(22)14-7-4-11-21(12-14)17-18-9-5-10-19-17/h5,9-10,13-15H,2-4,6-8,11-12H2,1H3,(H,20,22)/t13-,14-,15+/m1/s1. The molecule has 120 valence electrons. The molecular formula is C17H26N4O. The second-order valence-corrected chi connectivity index (χ2v) is 6.71. The molecule has 0 aromatic carbocycles. The number of hydrogen-bond donors (Lipinski definition) is 1. The van der Waals surface area contributed by atoms with Crippen molar-refractivity contribution in [2.75, 3.05) is 18.0 Å². The molecule has 5 heteroatoms. The van der Waals surface area contributed by atoms with Gasteiger partial charge in [-0.2, -0.15) is 0 Å². The van der Waals surface area contributed by atoms with Crippen LogP contribution in [0.3, 0.4) is 0 Å². The highest BCUT2D eigenvalue weighted by atomic mass is 16.2. The van der Waals surface area contributed by atoms with Crippen LogP contribution < -0.4 is 10.2 Å². The van der Waals surface area contributed by atoms with Gasteiger partial charge in [0.2, 0.25) is 11.9 Å². The number of carbonyl (C=O) groups is 1. The highest BCUT2D eigenvalue weighted by Crippen LogP contribution is 2.25. The summed E-state index contributed by atoms with van der Waals surface area (Å²) in [6, 6.07) is 2.19. The van der Waals surface area contributed by atoms with E-state index in [9.17, 15) is 4.79 Å². The van der Waals surface area contributed by atoms with Gasteiger partial charge in [-0.15, -0.1) is 0 Å². The van der Waals surface area contributed by atoms with Gasteiger partial charge in [-0.05, 0) is 37.7 Å². The van der Waals surface area contributed by atoms with Crippen molar-refractivity contribution in [3.63, 3.8) is 0 Å². The summed E-state index contributed by atoms with van der Waals surface area (Å²) < 4.78 is 0. The van der Waals surface area contributed by atoms with Crippen LogP contribution in [0.25, 0.3) is 0 Å². The van der Waals surface area contributed by atoms with Crippen LogP contribution in [0.2, 0.25) is 0 Å². The maximum absolute atomic E-state index is 12.6. The fraction of sp³-hybridized carbons (Fsp3) is 0.706. The van der Waals surface area contributed by atoms with Gasteiger partial charge in [0.15, 0.2) is 0 Å². The average Bonchev–Trinajstić information content (AvgIpc) is 2.58. The van der Waals surface area contributed by atoms with E-state index >= 15 is 0 Å². The van der Waals surface area contributed by atoms with Crippen LogP contribution in [-0.2, 0) is 4.79 Å². The molecule has 22 heavy (non-hydrogen) atoms. The van der Waals surface area contributed by atoms with Crippen molar-refractivity contribution in [1.29, 1.82) is 0 Å². The number of nitrogens with zero attached hydrogens (tertiary/aromatic N) is 3. The van der Waals surface area contributed by atoms with Crippen LogP contribution in [0.1, 0.15) is 45.4 Å². The molecule has 1 saturated carbocycles. The molecule has 0 unspecified atom stereocenters. The molecule has 1 aromatic heterocycles. The zero-order valence-corrected chi connectivity index (χ0v) is 13.4. The molecular weight excluding hydrogens is 276 g/mol. The van der Waals surface area contributed by atoms with Crippen molar-refractivity contribution >= 4 is 11.9 Å². The molecule has 3 rings (SSSR count). The summed E-state index contributed by atoms with van der Waals surface area (Å²) in [7, 11) is 0. The minimum Gasteiger partial charge on any atom is -0.353 e. The number of amides is 1. The molecule has 1 N–H and O–H groups in total. The molecule has 1 amide bonds. The SMILES string of the molecule is C[C@@H]1CCCC[C@@H]1NC(=O)[C@@H]1CCCN(c2ncccn2)C1. The van der Waals surface area contributed by atoms with Crippen molar-refractivity contribution in [3.8, 4) is 0 Å². The zero-order chi connectivity index (χ0) is 15.4. The minimum absolute atomic E-state index is 0.0617. The first-order chi connectivity index (χ1) is 10.7. The van der Waals surface area contributed by atoms with Crippen molar-refractivity contribution in [2.45, 2.75) is 51.5 Å². The Bertz CT molecular complexity index is 493. The Morgan fingerprint density at radius 3 is 2.73 bits per heavy atom. The van der Waals surface area contributed by atoms with Gasteiger partial charge >= 0.3 is 0 Å². The Hall–Kier alpha value is -1.65. The lowest BCUT2D eigenvalue weighted by molar-refractivity contribution is -0.126. The van der Waals surface area contributed by atoms with Gasteiger partial charge in [-0.3, -0.25) is 4.79 Å². The van der Waals surface area contributed by atoms with Crippen LogP contribution in [-0.4, -0.2) is 35.0 Å². The number of carbonyl (C=O) groups excluding carboxylic acids is 1. The van der Waals surface area contributed by atoms with Crippen LogP contribution in [0.5, 0.6) is 0 Å². The van der Waals surface area contributed by atoms with Crippen molar-refractivity contribution in [2.24, 2.45) is 11.8 Å². The normalized spacial score (nSPS) is 29.1. The number of piperidine rings is 1. The Morgan fingerprint density at radius 1 is 1.18 bits per heavy atom. The summed E-state index contributed by atoms with van der Waals surface area (Å²) in [5, 5.41) is 3.30. The molecule has 0 bridgehead atoms. The van der Waals surface area contributed by atoms with Gasteiger partial charge in [0, 0.05) is 31.5 Å². The summed E-state index contributed by atoms with van der Waals surface area (Å²) >= 11 is 0. The van der Waals surface area contributed by atoms with Crippen molar-refractivity contribution < 1.29 is 4.79 Å². The van der Waals surface area contributed by atoms with Crippen LogP contribution in [0, 0.1) is 11.8 Å². The molecule has 0 radical (unpaired) electrons. The lowest BCUT2D eigenvalue weighted by Crippen LogP contribution is -2.48. The summed E-state index contributed by atoms with van der Waals surface area (Å²) in [5.41, 5.74) is 0. The van der Waals surface area contributed by atoms with E-state index in [-0.39, 0.29) is 11.8 Å². The molecule has 2 fully saturated rings. The fourth-order valence-electron chi connectivity index (χ4n) is 3.66. The van der Waals surface area contributed by atoms with E-state index < -0.39 is 0 Å². The summed E-state index contributed by atoms with van der Waals surface area (Å²) in [6.07, 6.45) is 10.4. The Morgan fingerprint density at radius 2 is 1.95 bits per heavy atom. The quantitative estimate of drug-likeness (QED) is 0.931. The number of aromatic nitrogens is 2. The molecule has 1 aliphatic heterocycles. The summed E-state index contributed by atoms with van der Waals surface area (Å²) in [4.78, 5) is 23.4. The third-order valence-corrected chi connectivity index (χ3v) is 5.07. The van der Waals surface area contributed by atoms with Crippen LogP contribution >= 0.6 is 0 Å². The van der Waals surface area contributed by atoms with Crippen molar-refractivity contribution in [1.82, 2.24) is 15.3 Å². The second kappa shape index (κ2) is 7.07. The van der Waals surface area contributed by atoms with Gasteiger partial charge in [-0.1, -0.05) is 19.8 Å². The van der Waals surface area contributed by atoms with Crippen LogP contribution in [0.4, 0.5) is 5.95 Å². The number of rotatable bonds is 3. The van der Waals surface area contributed by atoms with E-state index in [1.807, 2.05) is 6.07 Å². The first kappa shape index (κ1) is 15.3. The molecule has 1 aromatic rings. The Balaban J connectivity index is 1.58. The third kappa shape index (κ3) is 3.57. The first-order valence-corrected chi connectivity index (χ1v) is 8.56. The lowest BCUT2D eigenvalue weighted by atomic mass is 9.85. The lowest BCUT2D eigenvalue weighted by Gasteiger charge is -2.35. The Kier molecular flexibility index (Phi) is 4.90. The van der Waals surface area contributed by atoms with E-state index in [1.165, 1.54) is 19.3 Å². The molecule has 2 aliphatic rings. The van der Waals surface area contributed by atoms with Crippen LogP contribution in [0.15, 0.2) is 18.5 Å². The smallest absolute Gasteiger partial charge is 0.225 e. The maximum Gasteiger partial charge on any atom is 0.225 e. The van der Waals surface area contributed by atoms with E-state index in [1.54, 1.807) is 12.4 Å². The van der Waals surface area contributed by atoms with E-state index in [2.05, 4.69) is 27.1 Å². The molecule has 3 atom stereocenters. The molecule has 1 saturated heterocycles. The zero-order valence-electron chi connectivity index (χ0n) is 13.4. The van der Waals surface area contributed by atoms with Gasteiger partial charge < -0.3 is 10.2 Å². The number of nitrogens with one attached hydrogen (secondary N) is 1. The van der Waals surface area contributed by atoms with Gasteiger partial charge in [-0.25, -0.2) is 9.97 Å². The second-order valence-electron chi connectivity index (χ2n) is 6.71. The average molecular weight is 302 g/mol. The van der Waals surface area contributed by atoms with E-state index in [0.29, 0.717) is 12.0 Å². The predicted molar refractivity (Wildman–Crippen MR) is 86.5 cm³/mol. The predicted octanol–water partition coefficient (Wildman–Crippen LogP) is 2.39. The Labute approximate surface area is 132 Å². The van der Waals surface area contributed by atoms with Gasteiger partial charge in [0.1, 0.15) is 0 Å². The largest absolute Gasteiger partial charge is 0.353 e. The van der Waals surface area contributed by atoms with Crippen molar-refractivity contribution in [3.05, 3.63) is 18.5 Å². The first-order valence-electron chi connectivity index (χ1n) is 8.56. The summed E-state index contributed by atoms with van der Waals surface area (Å²) in [5.74, 6) is 1.63. The van der Waals surface area contributed by atoms with E-state index in [4.69, 9.17) is 0 Å². The number of hydrogen-bond acceptors (Lipinski definition) is 4. The highest BCUT2D eigenvalue weighted by Gasteiger charge is 2.30. The molecule has 2 heterocycles. The minimum atomic E-state index is 0.0617. The molecule has 5 nitrogen and oxygen atoms in total. The number of anilines is 1. The maximum atomic E-state index is 12.6. The molecule has 0 spiro atoms. The van der Waals surface area contributed by atoms with E-state index in [0.717, 1.165) is 38.3 Å². The molecule has 1 aliphatic carbocycles. The third-order valence-electron chi connectivity index (χ3n) is 5.07. The van der Waals surface area contributed by atoms with Gasteiger partial charge in [0.05, 0.1) is 5.92 Å². The summed E-state index contributed by atoms with van der Waals surface area (Å²) in [6.45, 7) is 3.93. The van der Waals surface area contributed by atoms with Gasteiger partial charge in [0.25, 0.3) is 0 Å².